The van der Waals surface area contributed by atoms with Crippen molar-refractivity contribution in [2.45, 2.75) is 38.5 Å². The normalized spacial score (nSPS) is 10.9. The summed E-state index contributed by atoms with van der Waals surface area (Å²) in [5, 5.41) is 1.96. The first kappa shape index (κ1) is 28.0. The summed E-state index contributed by atoms with van der Waals surface area (Å²) in [6.07, 6.45) is 5.18. The Labute approximate surface area is 238 Å². The monoisotopic (exact) mass is 570 g/mol. The van der Waals surface area contributed by atoms with Crippen molar-refractivity contribution in [3.05, 3.63) is 87.9 Å². The fourth-order valence-corrected chi connectivity index (χ4v) is 4.55. The standard InChI is InChI=1S/C30H29Cl3N2O3/c1-37-27(36)7-5-3-2-4-6-20-38-30-34-28(21-8-12-23(31)13-9-21)29(22-10-14-24(32)15-11-22)35(30)26-18-16-25(33)17-19-26/h8-19H,2-7,20H2,1H3. The molecule has 4 rings (SSSR count). The molecule has 1 aromatic heterocycles. The van der Waals surface area contributed by atoms with Crippen LogP contribution in [0.2, 0.25) is 15.1 Å². The third-order valence-corrected chi connectivity index (χ3v) is 6.91. The molecule has 0 bridgehead atoms. The van der Waals surface area contributed by atoms with Gasteiger partial charge < -0.3 is 9.47 Å². The molecular formula is C30H29Cl3N2O3. The van der Waals surface area contributed by atoms with Gasteiger partial charge in [-0.2, -0.15) is 4.98 Å². The lowest BCUT2D eigenvalue weighted by Crippen LogP contribution is -2.05. The fraction of sp³-hybridized carbons (Fsp3) is 0.267. The van der Waals surface area contributed by atoms with Crippen molar-refractivity contribution in [3.8, 4) is 34.2 Å². The van der Waals surface area contributed by atoms with Gasteiger partial charge in [-0.1, -0.05) is 78.3 Å². The highest BCUT2D eigenvalue weighted by Crippen LogP contribution is 2.39. The summed E-state index contributed by atoms with van der Waals surface area (Å²) in [4.78, 5) is 16.2. The Balaban J connectivity index is 1.63. The van der Waals surface area contributed by atoms with E-state index in [2.05, 4.69) is 0 Å². The van der Waals surface area contributed by atoms with Crippen LogP contribution in [0.3, 0.4) is 0 Å². The summed E-state index contributed by atoms with van der Waals surface area (Å²) in [5.41, 5.74) is 4.40. The van der Waals surface area contributed by atoms with Crippen molar-refractivity contribution in [3.63, 3.8) is 0 Å². The highest BCUT2D eigenvalue weighted by Gasteiger charge is 2.22. The van der Waals surface area contributed by atoms with E-state index in [-0.39, 0.29) is 5.97 Å². The topological polar surface area (TPSA) is 53.4 Å². The molecule has 38 heavy (non-hydrogen) atoms. The zero-order valence-corrected chi connectivity index (χ0v) is 23.4. The number of hydrogen-bond donors (Lipinski definition) is 0. The maximum atomic E-state index is 11.3. The van der Waals surface area contributed by atoms with Gasteiger partial charge in [0.15, 0.2) is 0 Å². The zero-order chi connectivity index (χ0) is 26.9. The lowest BCUT2D eigenvalue weighted by molar-refractivity contribution is -0.140. The lowest BCUT2D eigenvalue weighted by atomic mass is 10.0. The average Bonchev–Trinajstić information content (AvgIpc) is 3.30. The molecule has 3 aromatic carbocycles. The molecule has 0 aliphatic heterocycles. The predicted octanol–water partition coefficient (Wildman–Crippen LogP) is 9.06. The van der Waals surface area contributed by atoms with Gasteiger partial charge in [-0.3, -0.25) is 9.36 Å². The quantitative estimate of drug-likeness (QED) is 0.126. The van der Waals surface area contributed by atoms with E-state index in [9.17, 15) is 4.79 Å². The van der Waals surface area contributed by atoms with E-state index in [1.54, 1.807) is 0 Å². The number of rotatable bonds is 12. The van der Waals surface area contributed by atoms with Gasteiger partial charge in [0.05, 0.1) is 25.1 Å². The largest absolute Gasteiger partial charge is 0.469 e. The van der Waals surface area contributed by atoms with Crippen molar-refractivity contribution in [2.24, 2.45) is 0 Å². The van der Waals surface area contributed by atoms with Crippen LogP contribution in [0.1, 0.15) is 38.5 Å². The number of benzene rings is 3. The number of unbranched alkanes of at least 4 members (excludes halogenated alkanes) is 4. The second kappa shape index (κ2) is 13.7. The van der Waals surface area contributed by atoms with Crippen molar-refractivity contribution in [2.75, 3.05) is 13.7 Å². The number of halogens is 3. The molecule has 1 heterocycles. The van der Waals surface area contributed by atoms with Gasteiger partial charge >= 0.3 is 12.0 Å². The van der Waals surface area contributed by atoms with Crippen LogP contribution in [0, 0.1) is 0 Å². The molecule has 4 aromatic rings. The van der Waals surface area contributed by atoms with Gasteiger partial charge in [-0.25, -0.2) is 0 Å². The Morgan fingerprint density at radius 2 is 1.26 bits per heavy atom. The number of carbonyl (C=O) groups excluding carboxylic acids is 1. The van der Waals surface area contributed by atoms with E-state index in [4.69, 9.17) is 49.3 Å². The van der Waals surface area contributed by atoms with Crippen LogP contribution < -0.4 is 4.74 Å². The first-order valence-electron chi connectivity index (χ1n) is 12.6. The zero-order valence-electron chi connectivity index (χ0n) is 21.1. The molecule has 0 amide bonds. The van der Waals surface area contributed by atoms with E-state index in [0.717, 1.165) is 60.3 Å². The number of ether oxygens (including phenoxy) is 2. The lowest BCUT2D eigenvalue weighted by Gasteiger charge is -2.14. The molecule has 0 aliphatic rings. The van der Waals surface area contributed by atoms with E-state index >= 15 is 0 Å². The van der Waals surface area contributed by atoms with Crippen LogP contribution in [-0.4, -0.2) is 29.2 Å². The third-order valence-electron chi connectivity index (χ3n) is 6.15. The van der Waals surface area contributed by atoms with Crippen LogP contribution in [0.5, 0.6) is 6.01 Å². The van der Waals surface area contributed by atoms with E-state index in [1.165, 1.54) is 7.11 Å². The maximum Gasteiger partial charge on any atom is 0.305 e. The Kier molecular flexibility index (Phi) is 10.1. The second-order valence-electron chi connectivity index (χ2n) is 8.86. The highest BCUT2D eigenvalue weighted by atomic mass is 35.5. The number of aromatic nitrogens is 2. The van der Waals surface area contributed by atoms with Crippen molar-refractivity contribution in [1.82, 2.24) is 9.55 Å². The molecule has 0 saturated carbocycles. The number of carbonyl (C=O) groups is 1. The molecule has 198 valence electrons. The van der Waals surface area contributed by atoms with Gasteiger partial charge in [-0.05, 0) is 61.4 Å². The Morgan fingerprint density at radius 1 is 0.737 bits per heavy atom. The maximum absolute atomic E-state index is 11.3. The molecule has 0 aliphatic carbocycles. The molecule has 0 spiro atoms. The highest BCUT2D eigenvalue weighted by molar-refractivity contribution is 6.31. The fourth-order valence-electron chi connectivity index (χ4n) is 4.18. The molecule has 0 fully saturated rings. The molecule has 5 nitrogen and oxygen atoms in total. The van der Waals surface area contributed by atoms with Crippen LogP contribution in [0.25, 0.3) is 28.2 Å². The summed E-state index contributed by atoms with van der Waals surface area (Å²) in [5.74, 6) is -0.157. The summed E-state index contributed by atoms with van der Waals surface area (Å²) in [6.45, 7) is 0.516. The SMILES string of the molecule is COC(=O)CCCCCCCOc1nc(-c2ccc(Cl)cc2)c(-c2ccc(Cl)cc2)n1-c1ccc(Cl)cc1. The third kappa shape index (κ3) is 7.31. The minimum absolute atomic E-state index is 0.157. The van der Waals surface area contributed by atoms with Crippen LogP contribution >= 0.6 is 34.8 Å². The van der Waals surface area contributed by atoms with E-state index in [0.29, 0.717) is 34.1 Å². The summed E-state index contributed by atoms with van der Waals surface area (Å²) in [6, 6.07) is 23.4. The molecular weight excluding hydrogens is 543 g/mol. The van der Waals surface area contributed by atoms with Crippen LogP contribution in [-0.2, 0) is 9.53 Å². The summed E-state index contributed by atoms with van der Waals surface area (Å²) >= 11 is 18.6. The Bertz CT molecular complexity index is 1340. The van der Waals surface area contributed by atoms with Gasteiger partial charge in [-0.15, -0.1) is 0 Å². The Morgan fingerprint density at radius 3 is 1.87 bits per heavy atom. The van der Waals surface area contributed by atoms with Gasteiger partial charge in [0.2, 0.25) is 0 Å². The molecule has 0 radical (unpaired) electrons. The second-order valence-corrected chi connectivity index (χ2v) is 10.2. The van der Waals surface area contributed by atoms with Crippen LogP contribution in [0.4, 0.5) is 0 Å². The Hall–Kier alpha value is -2.99. The predicted molar refractivity (Wildman–Crippen MR) is 155 cm³/mol. The van der Waals surface area contributed by atoms with Crippen molar-refractivity contribution >= 4 is 40.8 Å². The minimum Gasteiger partial charge on any atom is -0.469 e. The molecule has 0 atom stereocenters. The minimum atomic E-state index is -0.157. The van der Waals surface area contributed by atoms with Crippen molar-refractivity contribution < 1.29 is 14.3 Å². The molecule has 8 heteroatoms. The number of hydrogen-bond acceptors (Lipinski definition) is 4. The number of methoxy groups -OCH3 is 1. The van der Waals surface area contributed by atoms with Crippen LogP contribution in [0.15, 0.2) is 72.8 Å². The first-order chi connectivity index (χ1) is 18.5. The van der Waals surface area contributed by atoms with Gasteiger partial charge in [0.1, 0.15) is 5.69 Å². The summed E-state index contributed by atoms with van der Waals surface area (Å²) < 4.78 is 13.0. The average molecular weight is 572 g/mol. The van der Waals surface area contributed by atoms with Gasteiger partial charge in [0.25, 0.3) is 0 Å². The van der Waals surface area contributed by atoms with E-state index in [1.807, 2.05) is 77.4 Å². The van der Waals surface area contributed by atoms with E-state index < -0.39 is 0 Å². The number of imidazole rings is 1. The van der Waals surface area contributed by atoms with Crippen molar-refractivity contribution in [1.29, 1.82) is 0 Å². The number of esters is 1. The van der Waals surface area contributed by atoms with Gasteiger partial charge in [0, 0.05) is 32.6 Å². The molecule has 0 unspecified atom stereocenters. The molecule has 0 N–H and O–H groups in total. The molecule has 0 saturated heterocycles. The number of nitrogens with zero attached hydrogens (tertiary/aromatic N) is 2. The smallest absolute Gasteiger partial charge is 0.305 e. The summed E-state index contributed by atoms with van der Waals surface area (Å²) in [7, 11) is 1.42. The first-order valence-corrected chi connectivity index (χ1v) is 13.7.